The van der Waals surface area contributed by atoms with Crippen LogP contribution >= 0.6 is 0 Å². The third-order valence-corrected chi connectivity index (χ3v) is 2.75. The van der Waals surface area contributed by atoms with E-state index in [9.17, 15) is 4.79 Å². The third-order valence-electron chi connectivity index (χ3n) is 2.75. The average molecular weight is 274 g/mol. The van der Waals surface area contributed by atoms with E-state index in [0.29, 0.717) is 17.1 Å². The van der Waals surface area contributed by atoms with Gasteiger partial charge in [0, 0.05) is 12.7 Å². The minimum absolute atomic E-state index is 0.116. The molecule has 0 saturated heterocycles. The van der Waals surface area contributed by atoms with E-state index in [0.717, 1.165) is 6.54 Å². The number of hydrogen-bond donors (Lipinski definition) is 2. The number of nitrogens with zero attached hydrogens (tertiary/aromatic N) is 2. The number of benzene rings is 1. The number of nitrogens with one attached hydrogen (secondary N) is 1. The maximum Gasteiger partial charge on any atom is 0.227 e. The summed E-state index contributed by atoms with van der Waals surface area (Å²) >= 11 is 0. The van der Waals surface area contributed by atoms with Crippen molar-refractivity contribution in [2.24, 2.45) is 0 Å². The second-order valence-electron chi connectivity index (χ2n) is 4.27. The molecule has 106 valence electrons. The van der Waals surface area contributed by atoms with Crippen molar-refractivity contribution in [3.8, 4) is 5.75 Å². The molecule has 0 aliphatic carbocycles. The van der Waals surface area contributed by atoms with E-state index in [1.54, 1.807) is 29.2 Å². The molecule has 0 spiro atoms. The molecular formula is C14H18N4O2. The van der Waals surface area contributed by atoms with Gasteiger partial charge in [-0.05, 0) is 19.1 Å². The first-order valence-electron chi connectivity index (χ1n) is 6.48. The van der Waals surface area contributed by atoms with E-state index in [-0.39, 0.29) is 18.9 Å². The van der Waals surface area contributed by atoms with E-state index >= 15 is 0 Å². The van der Waals surface area contributed by atoms with E-state index < -0.39 is 0 Å². The van der Waals surface area contributed by atoms with Crippen LogP contribution in [-0.4, -0.2) is 22.3 Å². The van der Waals surface area contributed by atoms with Gasteiger partial charge >= 0.3 is 0 Å². The number of aryl methyl sites for hydroxylation is 1. The maximum atomic E-state index is 11.7. The van der Waals surface area contributed by atoms with Crippen LogP contribution in [-0.2, 0) is 11.3 Å². The SMILES string of the molecule is CCn1cc(NC(=O)CCOc2ccccc2N)cn1. The molecule has 20 heavy (non-hydrogen) atoms. The van der Waals surface area contributed by atoms with Gasteiger partial charge in [0.25, 0.3) is 0 Å². The summed E-state index contributed by atoms with van der Waals surface area (Å²) in [7, 11) is 0. The summed E-state index contributed by atoms with van der Waals surface area (Å²) in [5.41, 5.74) is 7.00. The van der Waals surface area contributed by atoms with Crippen LogP contribution in [0.2, 0.25) is 0 Å². The predicted molar refractivity (Wildman–Crippen MR) is 77.5 cm³/mol. The van der Waals surface area contributed by atoms with Crippen molar-refractivity contribution < 1.29 is 9.53 Å². The Morgan fingerprint density at radius 2 is 2.25 bits per heavy atom. The van der Waals surface area contributed by atoms with E-state index in [2.05, 4.69) is 10.4 Å². The van der Waals surface area contributed by atoms with Gasteiger partial charge in [-0.3, -0.25) is 9.48 Å². The number of carbonyl (C=O) groups is 1. The molecule has 2 aromatic rings. The molecule has 6 nitrogen and oxygen atoms in total. The van der Waals surface area contributed by atoms with Crippen LogP contribution in [0, 0.1) is 0 Å². The van der Waals surface area contributed by atoms with Crippen LogP contribution in [0.15, 0.2) is 36.7 Å². The number of para-hydroxylation sites is 2. The molecule has 1 aromatic heterocycles. The van der Waals surface area contributed by atoms with Gasteiger partial charge in [0.05, 0.1) is 30.6 Å². The summed E-state index contributed by atoms with van der Waals surface area (Å²) in [6, 6.07) is 7.21. The highest BCUT2D eigenvalue weighted by Gasteiger charge is 2.05. The number of aromatic nitrogens is 2. The summed E-state index contributed by atoms with van der Waals surface area (Å²) in [6.07, 6.45) is 3.66. The minimum atomic E-state index is -0.116. The lowest BCUT2D eigenvalue weighted by atomic mass is 10.3. The fourth-order valence-corrected chi connectivity index (χ4v) is 1.69. The first-order chi connectivity index (χ1) is 9.69. The molecule has 0 atom stereocenters. The lowest BCUT2D eigenvalue weighted by Crippen LogP contribution is -2.15. The van der Waals surface area contributed by atoms with E-state index in [1.807, 2.05) is 19.1 Å². The Hall–Kier alpha value is -2.50. The fourth-order valence-electron chi connectivity index (χ4n) is 1.69. The lowest BCUT2D eigenvalue weighted by Gasteiger charge is -2.08. The van der Waals surface area contributed by atoms with Crippen molar-refractivity contribution >= 4 is 17.3 Å². The normalized spacial score (nSPS) is 10.2. The second-order valence-corrected chi connectivity index (χ2v) is 4.27. The quantitative estimate of drug-likeness (QED) is 0.788. The zero-order valence-corrected chi connectivity index (χ0v) is 11.4. The number of anilines is 2. The first-order valence-corrected chi connectivity index (χ1v) is 6.48. The van der Waals surface area contributed by atoms with Gasteiger partial charge < -0.3 is 15.8 Å². The molecule has 1 heterocycles. The molecule has 6 heteroatoms. The zero-order valence-electron chi connectivity index (χ0n) is 11.4. The number of carbonyl (C=O) groups excluding carboxylic acids is 1. The standard InChI is InChI=1S/C14H18N4O2/c1-2-18-10-11(9-16-18)17-14(19)7-8-20-13-6-4-3-5-12(13)15/h3-6,9-10H,2,7-8,15H2,1H3,(H,17,19). The molecular weight excluding hydrogens is 256 g/mol. The van der Waals surface area contributed by atoms with Crippen molar-refractivity contribution in [3.05, 3.63) is 36.7 Å². The number of hydrogen-bond acceptors (Lipinski definition) is 4. The van der Waals surface area contributed by atoms with E-state index in [1.165, 1.54) is 0 Å². The van der Waals surface area contributed by atoms with Crippen molar-refractivity contribution in [2.45, 2.75) is 19.9 Å². The number of nitrogen functional groups attached to an aromatic ring is 1. The van der Waals surface area contributed by atoms with Gasteiger partial charge in [0.2, 0.25) is 5.91 Å². The smallest absolute Gasteiger partial charge is 0.227 e. The molecule has 0 unspecified atom stereocenters. The molecule has 3 N–H and O–H groups in total. The molecule has 2 rings (SSSR count). The Bertz CT molecular complexity index is 580. The number of rotatable bonds is 6. The molecule has 0 bridgehead atoms. The van der Waals surface area contributed by atoms with Crippen molar-refractivity contribution in [1.29, 1.82) is 0 Å². The van der Waals surface area contributed by atoms with Gasteiger partial charge in [0.1, 0.15) is 5.75 Å². The van der Waals surface area contributed by atoms with Crippen molar-refractivity contribution in [2.75, 3.05) is 17.7 Å². The fraction of sp³-hybridized carbons (Fsp3) is 0.286. The highest BCUT2D eigenvalue weighted by atomic mass is 16.5. The van der Waals surface area contributed by atoms with Crippen LogP contribution in [0.5, 0.6) is 5.75 Å². The van der Waals surface area contributed by atoms with Gasteiger partial charge in [0.15, 0.2) is 0 Å². The largest absolute Gasteiger partial charge is 0.491 e. The molecule has 1 amide bonds. The van der Waals surface area contributed by atoms with Crippen molar-refractivity contribution in [3.63, 3.8) is 0 Å². The third kappa shape index (κ3) is 3.74. The second kappa shape index (κ2) is 6.60. The summed E-state index contributed by atoms with van der Waals surface area (Å²) < 4.78 is 7.21. The van der Waals surface area contributed by atoms with Crippen LogP contribution < -0.4 is 15.8 Å². The Morgan fingerprint density at radius 3 is 2.95 bits per heavy atom. The summed E-state index contributed by atoms with van der Waals surface area (Å²) in [5.74, 6) is 0.481. The van der Waals surface area contributed by atoms with Gasteiger partial charge in [-0.2, -0.15) is 5.10 Å². The maximum absolute atomic E-state index is 11.7. The van der Waals surface area contributed by atoms with Crippen molar-refractivity contribution in [1.82, 2.24) is 9.78 Å². The Kier molecular flexibility index (Phi) is 4.60. The first kappa shape index (κ1) is 13.9. The van der Waals surface area contributed by atoms with Crippen LogP contribution in [0.25, 0.3) is 0 Å². The number of ether oxygens (including phenoxy) is 1. The Balaban J connectivity index is 1.77. The summed E-state index contributed by atoms with van der Waals surface area (Å²) in [4.78, 5) is 11.7. The van der Waals surface area contributed by atoms with Crippen LogP contribution in [0.4, 0.5) is 11.4 Å². The molecule has 0 aliphatic rings. The summed E-state index contributed by atoms with van der Waals surface area (Å²) in [5, 5.41) is 6.85. The molecule has 0 aliphatic heterocycles. The predicted octanol–water partition coefficient (Wildman–Crippen LogP) is 1.89. The van der Waals surface area contributed by atoms with Crippen LogP contribution in [0.3, 0.4) is 0 Å². The molecule has 0 fully saturated rings. The van der Waals surface area contributed by atoms with Gasteiger partial charge in [-0.1, -0.05) is 12.1 Å². The van der Waals surface area contributed by atoms with Crippen LogP contribution in [0.1, 0.15) is 13.3 Å². The van der Waals surface area contributed by atoms with Gasteiger partial charge in [-0.25, -0.2) is 0 Å². The number of amides is 1. The van der Waals surface area contributed by atoms with Gasteiger partial charge in [-0.15, -0.1) is 0 Å². The zero-order chi connectivity index (χ0) is 14.4. The monoisotopic (exact) mass is 274 g/mol. The summed E-state index contributed by atoms with van der Waals surface area (Å²) in [6.45, 7) is 3.03. The lowest BCUT2D eigenvalue weighted by molar-refractivity contribution is -0.116. The molecule has 1 aromatic carbocycles. The Morgan fingerprint density at radius 1 is 1.45 bits per heavy atom. The van der Waals surface area contributed by atoms with E-state index in [4.69, 9.17) is 10.5 Å². The topological polar surface area (TPSA) is 82.2 Å². The molecule has 0 radical (unpaired) electrons. The molecule has 0 saturated carbocycles. The number of nitrogens with two attached hydrogens (primary N) is 1. The Labute approximate surface area is 117 Å². The highest BCUT2D eigenvalue weighted by Crippen LogP contribution is 2.19. The highest BCUT2D eigenvalue weighted by molar-refractivity contribution is 5.90. The average Bonchev–Trinajstić information content (AvgIpc) is 2.88. The minimum Gasteiger partial charge on any atom is -0.491 e.